The predicted octanol–water partition coefficient (Wildman–Crippen LogP) is 3.67. The van der Waals surface area contributed by atoms with Crippen LogP contribution in [0.4, 0.5) is 8.78 Å². The van der Waals surface area contributed by atoms with Crippen LogP contribution < -0.4 is 0 Å². The molecule has 4 nitrogen and oxygen atoms in total. The minimum absolute atomic E-state index is 0.265. The van der Waals surface area contributed by atoms with E-state index in [4.69, 9.17) is 0 Å². The summed E-state index contributed by atoms with van der Waals surface area (Å²) >= 11 is 0. The molecule has 0 amide bonds. The molecule has 0 saturated carbocycles. The number of H-pyrrole nitrogens is 1. The number of hydrogen-bond donors (Lipinski definition) is 1. The highest BCUT2D eigenvalue weighted by molar-refractivity contribution is 5.57. The Labute approximate surface area is 156 Å². The largest absolute Gasteiger partial charge is 0.340 e. The van der Waals surface area contributed by atoms with Crippen LogP contribution in [-0.2, 0) is 25.8 Å². The second-order valence-electron chi connectivity index (χ2n) is 7.37. The predicted molar refractivity (Wildman–Crippen MR) is 98.1 cm³/mol. The van der Waals surface area contributed by atoms with Crippen molar-refractivity contribution in [3.8, 4) is 11.4 Å². The molecular weight excluding hydrogens is 346 g/mol. The lowest BCUT2D eigenvalue weighted by Crippen LogP contribution is -2.42. The third kappa shape index (κ3) is 3.04. The van der Waals surface area contributed by atoms with E-state index < -0.39 is 0 Å². The van der Waals surface area contributed by atoms with Crippen LogP contribution in [0.3, 0.4) is 0 Å². The van der Waals surface area contributed by atoms with Crippen LogP contribution in [0.2, 0.25) is 0 Å². The van der Waals surface area contributed by atoms with Crippen molar-refractivity contribution in [3.63, 3.8) is 0 Å². The second kappa shape index (κ2) is 6.53. The molecule has 27 heavy (non-hydrogen) atoms. The van der Waals surface area contributed by atoms with Crippen molar-refractivity contribution in [2.75, 3.05) is 6.54 Å². The Bertz CT molecular complexity index is 998. The standard InChI is InChI=1S/C21H20F2N4/c22-14-9-13-10-15(5-6-18(13)24-11-14)27-8-7-19-20(12-27)26-21(25-19)16-3-1-2-4-17(16)23/h1-4,9,11,15H,5-8,10,12H2,(H,25,26). The number of nitrogens with zero attached hydrogens (tertiary/aromatic N) is 3. The average molecular weight is 366 g/mol. The van der Waals surface area contributed by atoms with E-state index >= 15 is 0 Å². The fraction of sp³-hybridized carbons (Fsp3) is 0.333. The van der Waals surface area contributed by atoms with Crippen LogP contribution in [0.15, 0.2) is 36.5 Å². The summed E-state index contributed by atoms with van der Waals surface area (Å²) in [5.41, 5.74) is 4.63. The number of halogens is 2. The molecule has 0 bridgehead atoms. The van der Waals surface area contributed by atoms with Gasteiger partial charge in [0.1, 0.15) is 17.5 Å². The zero-order valence-corrected chi connectivity index (χ0v) is 14.9. The van der Waals surface area contributed by atoms with Crippen LogP contribution in [0.25, 0.3) is 11.4 Å². The molecule has 0 fully saturated rings. The number of hydrogen-bond acceptors (Lipinski definition) is 3. The Morgan fingerprint density at radius 2 is 2.00 bits per heavy atom. The third-order valence-electron chi connectivity index (χ3n) is 5.70. The van der Waals surface area contributed by atoms with Gasteiger partial charge in [0, 0.05) is 31.2 Å². The Balaban J connectivity index is 1.37. The first-order valence-electron chi connectivity index (χ1n) is 9.37. The van der Waals surface area contributed by atoms with Gasteiger partial charge in [-0.15, -0.1) is 0 Å². The van der Waals surface area contributed by atoms with Crippen molar-refractivity contribution >= 4 is 0 Å². The molecule has 3 aromatic rings. The maximum atomic E-state index is 14.1. The number of nitrogens with one attached hydrogen (secondary N) is 1. The Kier molecular flexibility index (Phi) is 4.01. The zero-order valence-electron chi connectivity index (χ0n) is 14.9. The summed E-state index contributed by atoms with van der Waals surface area (Å²) in [7, 11) is 0. The molecule has 1 aromatic carbocycles. The van der Waals surface area contributed by atoms with Crippen LogP contribution in [0, 0.1) is 11.6 Å². The molecule has 3 heterocycles. The van der Waals surface area contributed by atoms with Crippen molar-refractivity contribution < 1.29 is 8.78 Å². The van der Waals surface area contributed by atoms with Gasteiger partial charge in [-0.1, -0.05) is 12.1 Å². The highest BCUT2D eigenvalue weighted by atomic mass is 19.1. The summed E-state index contributed by atoms with van der Waals surface area (Å²) in [6.07, 6.45) is 4.87. The minimum atomic E-state index is -0.265. The topological polar surface area (TPSA) is 44.8 Å². The highest BCUT2D eigenvalue weighted by Gasteiger charge is 2.29. The number of fused-ring (bicyclic) bond motifs is 2. The van der Waals surface area contributed by atoms with Gasteiger partial charge in [-0.2, -0.15) is 0 Å². The van der Waals surface area contributed by atoms with E-state index in [1.165, 1.54) is 12.3 Å². The Hall–Kier alpha value is -2.60. The maximum absolute atomic E-state index is 14.1. The van der Waals surface area contributed by atoms with Crippen LogP contribution in [-0.4, -0.2) is 32.4 Å². The zero-order chi connectivity index (χ0) is 18.4. The monoisotopic (exact) mass is 366 g/mol. The first-order valence-corrected chi connectivity index (χ1v) is 9.37. The van der Waals surface area contributed by atoms with Crippen LogP contribution >= 0.6 is 0 Å². The lowest BCUT2D eigenvalue weighted by molar-refractivity contribution is 0.160. The summed E-state index contributed by atoms with van der Waals surface area (Å²) in [5, 5.41) is 0. The number of benzene rings is 1. The van der Waals surface area contributed by atoms with Gasteiger partial charge in [0.25, 0.3) is 0 Å². The third-order valence-corrected chi connectivity index (χ3v) is 5.70. The Morgan fingerprint density at radius 3 is 2.89 bits per heavy atom. The normalized spacial score (nSPS) is 19.6. The lowest BCUT2D eigenvalue weighted by Gasteiger charge is -2.36. The molecule has 1 N–H and O–H groups in total. The van der Waals surface area contributed by atoms with Crippen LogP contribution in [0.1, 0.15) is 29.1 Å². The molecule has 6 heteroatoms. The van der Waals surface area contributed by atoms with Crippen LogP contribution in [0.5, 0.6) is 0 Å². The van der Waals surface area contributed by atoms with E-state index in [2.05, 4.69) is 19.9 Å². The van der Waals surface area contributed by atoms with E-state index in [1.807, 2.05) is 6.07 Å². The van der Waals surface area contributed by atoms with Gasteiger partial charge >= 0.3 is 0 Å². The fourth-order valence-corrected chi connectivity index (χ4v) is 4.29. The average Bonchev–Trinajstić information content (AvgIpc) is 3.10. The molecule has 138 valence electrons. The van der Waals surface area contributed by atoms with Crippen molar-refractivity contribution in [1.29, 1.82) is 0 Å². The Morgan fingerprint density at radius 1 is 1.11 bits per heavy atom. The molecular formula is C21H20F2N4. The lowest BCUT2D eigenvalue weighted by atomic mass is 9.90. The molecule has 0 saturated heterocycles. The van der Waals surface area contributed by atoms with E-state index in [9.17, 15) is 8.78 Å². The number of rotatable bonds is 2. The molecule has 1 unspecified atom stereocenters. The number of pyridine rings is 1. The molecule has 0 spiro atoms. The quantitative estimate of drug-likeness (QED) is 0.753. The van der Waals surface area contributed by atoms with Gasteiger partial charge < -0.3 is 4.98 Å². The number of aromatic nitrogens is 3. The maximum Gasteiger partial charge on any atom is 0.141 e. The summed E-state index contributed by atoms with van der Waals surface area (Å²) in [5.74, 6) is 0.0671. The molecule has 2 aliphatic rings. The number of aromatic amines is 1. The van der Waals surface area contributed by atoms with Crippen molar-refractivity contribution in [2.24, 2.45) is 0 Å². The molecule has 0 radical (unpaired) electrons. The first-order chi connectivity index (χ1) is 13.2. The van der Waals surface area contributed by atoms with Gasteiger partial charge in [-0.3, -0.25) is 9.88 Å². The van der Waals surface area contributed by atoms with Gasteiger partial charge in [-0.25, -0.2) is 13.8 Å². The number of imidazole rings is 1. The highest BCUT2D eigenvalue weighted by Crippen LogP contribution is 2.29. The van der Waals surface area contributed by atoms with Gasteiger partial charge in [0.2, 0.25) is 0 Å². The smallest absolute Gasteiger partial charge is 0.141 e. The van der Waals surface area contributed by atoms with E-state index in [0.717, 1.165) is 61.4 Å². The SMILES string of the molecule is Fc1cnc2c(c1)CC(N1CCc3nc(-c4ccccc4F)[nH]c3C1)CC2. The molecule has 1 atom stereocenters. The summed E-state index contributed by atoms with van der Waals surface area (Å²) < 4.78 is 27.6. The van der Waals surface area contributed by atoms with Gasteiger partial charge in [0.05, 0.1) is 23.1 Å². The van der Waals surface area contributed by atoms with E-state index in [-0.39, 0.29) is 11.6 Å². The molecule has 1 aliphatic heterocycles. The first kappa shape index (κ1) is 16.6. The summed E-state index contributed by atoms with van der Waals surface area (Å²) in [6.45, 7) is 1.68. The molecule has 5 rings (SSSR count). The van der Waals surface area contributed by atoms with Gasteiger partial charge in [0.15, 0.2) is 0 Å². The van der Waals surface area contributed by atoms with Crippen molar-refractivity contribution in [2.45, 2.75) is 38.3 Å². The van der Waals surface area contributed by atoms with E-state index in [0.29, 0.717) is 17.4 Å². The number of aryl methyl sites for hydroxylation is 1. The second-order valence-corrected chi connectivity index (χ2v) is 7.37. The van der Waals surface area contributed by atoms with E-state index in [1.54, 1.807) is 18.2 Å². The molecule has 2 aromatic heterocycles. The van der Waals surface area contributed by atoms with Crippen molar-refractivity contribution in [1.82, 2.24) is 19.9 Å². The summed E-state index contributed by atoms with van der Waals surface area (Å²) in [6, 6.07) is 8.69. The fourth-order valence-electron chi connectivity index (χ4n) is 4.29. The summed E-state index contributed by atoms with van der Waals surface area (Å²) in [4.78, 5) is 14.6. The minimum Gasteiger partial charge on any atom is -0.340 e. The van der Waals surface area contributed by atoms with Gasteiger partial charge in [-0.05, 0) is 43.0 Å². The van der Waals surface area contributed by atoms with Crippen molar-refractivity contribution in [3.05, 3.63) is 70.8 Å². The molecule has 1 aliphatic carbocycles.